The van der Waals surface area contributed by atoms with Crippen molar-refractivity contribution in [1.82, 2.24) is 4.90 Å². The van der Waals surface area contributed by atoms with E-state index in [0.717, 1.165) is 0 Å². The van der Waals surface area contributed by atoms with E-state index in [1.165, 1.54) is 4.90 Å². The Bertz CT molecular complexity index is 252. The molecule has 0 spiro atoms. The lowest BCUT2D eigenvalue weighted by Gasteiger charge is -2.48. The fourth-order valence-electron chi connectivity index (χ4n) is 1.68. The minimum absolute atomic E-state index is 0.0926. The zero-order valence-electron chi connectivity index (χ0n) is 9.42. The SMILES string of the molecule is CC(C)(C)C1(CBr)CN(C(=O)O)CCO1. The van der Waals surface area contributed by atoms with Crippen molar-refractivity contribution in [3.63, 3.8) is 0 Å². The van der Waals surface area contributed by atoms with E-state index in [0.29, 0.717) is 25.0 Å². The van der Waals surface area contributed by atoms with Crippen LogP contribution in [0.5, 0.6) is 0 Å². The highest BCUT2D eigenvalue weighted by Gasteiger charge is 2.46. The van der Waals surface area contributed by atoms with Crippen molar-refractivity contribution in [3.05, 3.63) is 0 Å². The summed E-state index contributed by atoms with van der Waals surface area (Å²) >= 11 is 3.44. The molecule has 1 rings (SSSR count). The zero-order chi connectivity index (χ0) is 11.7. The van der Waals surface area contributed by atoms with Crippen LogP contribution in [0.3, 0.4) is 0 Å². The van der Waals surface area contributed by atoms with E-state index in [1.54, 1.807) is 0 Å². The second-order valence-electron chi connectivity index (χ2n) is 4.93. The van der Waals surface area contributed by atoms with Gasteiger partial charge in [-0.15, -0.1) is 0 Å². The highest BCUT2D eigenvalue weighted by molar-refractivity contribution is 9.09. The number of rotatable bonds is 1. The fourth-order valence-corrected chi connectivity index (χ4v) is 2.86. The number of alkyl halides is 1. The van der Waals surface area contributed by atoms with Crippen molar-refractivity contribution in [2.45, 2.75) is 26.4 Å². The van der Waals surface area contributed by atoms with E-state index in [4.69, 9.17) is 9.84 Å². The molecule has 0 bridgehead atoms. The number of halogens is 1. The third-order valence-electron chi connectivity index (χ3n) is 3.04. The van der Waals surface area contributed by atoms with Gasteiger partial charge in [-0.2, -0.15) is 0 Å². The summed E-state index contributed by atoms with van der Waals surface area (Å²) in [5.74, 6) is 0. The van der Waals surface area contributed by atoms with Crippen molar-refractivity contribution in [2.24, 2.45) is 5.41 Å². The molecule has 15 heavy (non-hydrogen) atoms. The Morgan fingerprint density at radius 2 is 2.20 bits per heavy atom. The van der Waals surface area contributed by atoms with Gasteiger partial charge in [-0.25, -0.2) is 4.79 Å². The molecule has 0 aromatic carbocycles. The number of hydrogen-bond donors (Lipinski definition) is 1. The van der Waals surface area contributed by atoms with Crippen LogP contribution in [0.15, 0.2) is 0 Å². The van der Waals surface area contributed by atoms with Crippen molar-refractivity contribution in [1.29, 1.82) is 0 Å². The average Bonchev–Trinajstić information content (AvgIpc) is 2.16. The van der Waals surface area contributed by atoms with Crippen molar-refractivity contribution < 1.29 is 14.6 Å². The maximum absolute atomic E-state index is 10.9. The Balaban J connectivity index is 2.87. The highest BCUT2D eigenvalue weighted by atomic mass is 79.9. The minimum Gasteiger partial charge on any atom is -0.465 e. The Kier molecular flexibility index (Phi) is 3.66. The van der Waals surface area contributed by atoms with E-state index in [9.17, 15) is 4.79 Å². The summed E-state index contributed by atoms with van der Waals surface area (Å²) in [4.78, 5) is 12.4. The minimum atomic E-state index is -0.868. The first-order chi connectivity index (χ1) is 6.82. The van der Waals surface area contributed by atoms with Gasteiger partial charge >= 0.3 is 6.09 Å². The van der Waals surface area contributed by atoms with E-state index in [2.05, 4.69) is 36.7 Å². The van der Waals surface area contributed by atoms with Gasteiger partial charge in [0, 0.05) is 11.9 Å². The molecule has 0 aliphatic carbocycles. The molecule has 88 valence electrons. The van der Waals surface area contributed by atoms with Gasteiger partial charge in [0.1, 0.15) is 5.60 Å². The lowest BCUT2D eigenvalue weighted by Crippen LogP contribution is -2.60. The number of carboxylic acid groups (broad SMARTS) is 1. The van der Waals surface area contributed by atoms with Gasteiger partial charge in [-0.05, 0) is 5.41 Å². The van der Waals surface area contributed by atoms with Gasteiger partial charge in [-0.1, -0.05) is 36.7 Å². The quantitative estimate of drug-likeness (QED) is 0.749. The van der Waals surface area contributed by atoms with Crippen LogP contribution in [0.2, 0.25) is 0 Å². The van der Waals surface area contributed by atoms with Crippen LogP contribution >= 0.6 is 15.9 Å². The van der Waals surface area contributed by atoms with Gasteiger partial charge in [0.25, 0.3) is 0 Å². The number of ether oxygens (including phenoxy) is 1. The second kappa shape index (κ2) is 4.29. The molecule has 1 unspecified atom stereocenters. The summed E-state index contributed by atoms with van der Waals surface area (Å²) in [7, 11) is 0. The third kappa shape index (κ3) is 2.45. The molecule has 4 nitrogen and oxygen atoms in total. The smallest absolute Gasteiger partial charge is 0.407 e. The van der Waals surface area contributed by atoms with E-state index in [1.807, 2.05) is 0 Å². The molecule has 1 fully saturated rings. The monoisotopic (exact) mass is 279 g/mol. The molecule has 0 radical (unpaired) electrons. The van der Waals surface area contributed by atoms with Gasteiger partial charge in [-0.3, -0.25) is 0 Å². The fraction of sp³-hybridized carbons (Fsp3) is 0.900. The Morgan fingerprint density at radius 1 is 1.60 bits per heavy atom. The third-order valence-corrected chi connectivity index (χ3v) is 3.94. The topological polar surface area (TPSA) is 49.8 Å². The first kappa shape index (κ1) is 12.8. The molecule has 5 heteroatoms. The van der Waals surface area contributed by atoms with Crippen LogP contribution in [-0.2, 0) is 4.74 Å². The summed E-state index contributed by atoms with van der Waals surface area (Å²) in [6.07, 6.45) is -0.868. The maximum Gasteiger partial charge on any atom is 0.407 e. The largest absolute Gasteiger partial charge is 0.465 e. The molecular weight excluding hydrogens is 262 g/mol. The van der Waals surface area contributed by atoms with Crippen LogP contribution in [0, 0.1) is 5.41 Å². The molecule has 1 atom stereocenters. The molecule has 0 aromatic heterocycles. The van der Waals surface area contributed by atoms with Gasteiger partial charge < -0.3 is 14.7 Å². The number of nitrogens with zero attached hydrogens (tertiary/aromatic N) is 1. The van der Waals surface area contributed by atoms with E-state index in [-0.39, 0.29) is 5.41 Å². The summed E-state index contributed by atoms with van der Waals surface area (Å²) in [5, 5.41) is 9.63. The molecule has 1 heterocycles. The molecule has 1 aliphatic heterocycles. The summed E-state index contributed by atoms with van der Waals surface area (Å²) < 4.78 is 5.81. The Morgan fingerprint density at radius 3 is 2.60 bits per heavy atom. The van der Waals surface area contributed by atoms with Crippen LogP contribution in [0.1, 0.15) is 20.8 Å². The molecule has 1 saturated heterocycles. The van der Waals surface area contributed by atoms with Crippen LogP contribution in [0.4, 0.5) is 4.79 Å². The highest BCUT2D eigenvalue weighted by Crippen LogP contribution is 2.38. The number of amides is 1. The molecular formula is C10H18BrNO3. The number of hydrogen-bond acceptors (Lipinski definition) is 2. The zero-order valence-corrected chi connectivity index (χ0v) is 11.0. The standard InChI is InChI=1S/C10H18BrNO3/c1-9(2,3)10(6-11)7-12(8(13)14)4-5-15-10/h4-7H2,1-3H3,(H,13,14). The second-order valence-corrected chi connectivity index (χ2v) is 5.49. The molecule has 0 saturated carbocycles. The van der Waals surface area contributed by atoms with E-state index < -0.39 is 11.7 Å². The first-order valence-corrected chi connectivity index (χ1v) is 6.12. The predicted octanol–water partition coefficient (Wildman–Crippen LogP) is 2.18. The van der Waals surface area contributed by atoms with E-state index >= 15 is 0 Å². The maximum atomic E-state index is 10.9. The normalized spacial score (nSPS) is 27.9. The molecule has 1 amide bonds. The van der Waals surface area contributed by atoms with Crippen LogP contribution in [0.25, 0.3) is 0 Å². The Hall–Kier alpha value is -0.290. The number of morpholine rings is 1. The molecule has 1 N–H and O–H groups in total. The lowest BCUT2D eigenvalue weighted by atomic mass is 9.76. The van der Waals surface area contributed by atoms with Gasteiger partial charge in [0.15, 0.2) is 0 Å². The molecule has 0 aromatic rings. The average molecular weight is 280 g/mol. The predicted molar refractivity (Wildman–Crippen MR) is 61.5 cm³/mol. The van der Waals surface area contributed by atoms with Gasteiger partial charge in [0.05, 0.1) is 13.2 Å². The number of carbonyl (C=O) groups is 1. The van der Waals surface area contributed by atoms with Crippen molar-refractivity contribution >= 4 is 22.0 Å². The lowest BCUT2D eigenvalue weighted by molar-refractivity contribution is -0.143. The Labute approximate surface area is 98.7 Å². The van der Waals surface area contributed by atoms with Crippen LogP contribution < -0.4 is 0 Å². The summed E-state index contributed by atoms with van der Waals surface area (Å²) in [6.45, 7) is 7.56. The van der Waals surface area contributed by atoms with Crippen LogP contribution in [-0.4, -0.2) is 46.7 Å². The van der Waals surface area contributed by atoms with Gasteiger partial charge in [0.2, 0.25) is 0 Å². The summed E-state index contributed by atoms with van der Waals surface area (Å²) in [5.41, 5.74) is -0.520. The summed E-state index contributed by atoms with van der Waals surface area (Å²) in [6, 6.07) is 0. The van der Waals surface area contributed by atoms with Crippen molar-refractivity contribution in [2.75, 3.05) is 25.0 Å². The first-order valence-electron chi connectivity index (χ1n) is 5.00. The van der Waals surface area contributed by atoms with Crippen molar-refractivity contribution in [3.8, 4) is 0 Å². The molecule has 1 aliphatic rings.